The van der Waals surface area contributed by atoms with Crippen LogP contribution >= 0.6 is 11.3 Å². The maximum absolute atomic E-state index is 12.5. The maximum atomic E-state index is 12.5. The molecule has 3 rings (SSSR count). The van der Waals surface area contributed by atoms with E-state index in [-0.39, 0.29) is 18.7 Å². The molecule has 1 N–H and O–H groups in total. The lowest BCUT2D eigenvalue weighted by atomic mass is 10.1. The molecule has 0 radical (unpaired) electrons. The van der Waals surface area contributed by atoms with E-state index in [2.05, 4.69) is 15.0 Å². The molecule has 1 aliphatic heterocycles. The van der Waals surface area contributed by atoms with Crippen molar-refractivity contribution >= 4 is 34.0 Å². The molecule has 1 aliphatic rings. The number of rotatable bonds is 4. The Bertz CT molecular complexity index is 780. The van der Waals surface area contributed by atoms with Crippen molar-refractivity contribution < 1.29 is 27.5 Å². The number of nitrogens with one attached hydrogen (secondary N) is 1. The molecule has 1 aromatic carbocycles. The van der Waals surface area contributed by atoms with Gasteiger partial charge in [0.2, 0.25) is 11.8 Å². The molecule has 1 fully saturated rings. The predicted molar refractivity (Wildman–Crippen MR) is 84.3 cm³/mol. The van der Waals surface area contributed by atoms with E-state index in [1.165, 1.54) is 34.6 Å². The normalized spacial score (nSPS) is 17.6. The number of hydrogen-bond donors (Lipinski definition) is 1. The van der Waals surface area contributed by atoms with Gasteiger partial charge in [-0.2, -0.15) is 0 Å². The number of anilines is 2. The zero-order chi connectivity index (χ0) is 18.0. The smallest absolute Gasteiger partial charge is 0.406 e. The molecule has 0 bridgehead atoms. The topological polar surface area (TPSA) is 71.5 Å². The van der Waals surface area contributed by atoms with Gasteiger partial charge in [-0.05, 0) is 18.6 Å². The number of carbonyl (C=O) groups excluding carboxylic acids is 2. The summed E-state index contributed by atoms with van der Waals surface area (Å²) >= 11 is 1.22. The van der Waals surface area contributed by atoms with Crippen molar-refractivity contribution in [3.8, 4) is 5.75 Å². The van der Waals surface area contributed by atoms with Gasteiger partial charge in [0.15, 0.2) is 5.13 Å². The second kappa shape index (κ2) is 6.71. The standard InChI is InChI=1S/C15H12F3N3O3S/c16-15(17,18)24-10-3-1-2-9(8-10)21-6-4-11(13(21)23)12(22)20-14-19-5-7-25-14/h1-3,5,7-8,11H,4,6H2,(H,19,20,22)/t11-/m0/s1. The van der Waals surface area contributed by atoms with E-state index < -0.39 is 29.8 Å². The first kappa shape index (κ1) is 17.2. The molecule has 1 aromatic heterocycles. The van der Waals surface area contributed by atoms with E-state index >= 15 is 0 Å². The van der Waals surface area contributed by atoms with Crippen LogP contribution in [0.1, 0.15) is 6.42 Å². The number of thiazole rings is 1. The third-order valence-electron chi connectivity index (χ3n) is 3.55. The molecule has 1 saturated heterocycles. The van der Waals surface area contributed by atoms with Crippen LogP contribution in [0.25, 0.3) is 0 Å². The Balaban J connectivity index is 1.71. The van der Waals surface area contributed by atoms with Gasteiger partial charge in [-0.15, -0.1) is 24.5 Å². The van der Waals surface area contributed by atoms with Gasteiger partial charge in [0, 0.05) is 29.9 Å². The first-order valence-electron chi connectivity index (χ1n) is 7.21. The van der Waals surface area contributed by atoms with E-state index in [1.807, 2.05) is 0 Å². The Labute approximate surface area is 144 Å². The summed E-state index contributed by atoms with van der Waals surface area (Å²) in [5.74, 6) is -2.28. The molecule has 2 heterocycles. The SMILES string of the molecule is O=C(Nc1nccs1)[C@@H]1CCN(c2cccc(OC(F)(F)F)c2)C1=O. The zero-order valence-electron chi connectivity index (χ0n) is 12.6. The monoisotopic (exact) mass is 371 g/mol. The molecule has 1 atom stereocenters. The second-order valence-electron chi connectivity index (χ2n) is 5.20. The number of amides is 2. The number of halogens is 3. The van der Waals surface area contributed by atoms with E-state index in [0.717, 1.165) is 12.1 Å². The lowest BCUT2D eigenvalue weighted by Crippen LogP contribution is -2.33. The molecular formula is C15H12F3N3O3S. The minimum Gasteiger partial charge on any atom is -0.406 e. The van der Waals surface area contributed by atoms with E-state index in [9.17, 15) is 22.8 Å². The summed E-state index contributed by atoms with van der Waals surface area (Å²) in [5, 5.41) is 4.63. The summed E-state index contributed by atoms with van der Waals surface area (Å²) in [6.07, 6.45) is -3.03. The lowest BCUT2D eigenvalue weighted by Gasteiger charge is -2.18. The molecule has 132 valence electrons. The van der Waals surface area contributed by atoms with Crippen molar-refractivity contribution in [2.45, 2.75) is 12.8 Å². The molecule has 25 heavy (non-hydrogen) atoms. The number of nitrogens with zero attached hydrogens (tertiary/aromatic N) is 2. The number of carbonyl (C=O) groups is 2. The predicted octanol–water partition coefficient (Wildman–Crippen LogP) is 3.03. The van der Waals surface area contributed by atoms with Crippen molar-refractivity contribution in [2.24, 2.45) is 5.92 Å². The molecule has 0 aliphatic carbocycles. The van der Waals surface area contributed by atoms with E-state index in [0.29, 0.717) is 5.13 Å². The van der Waals surface area contributed by atoms with Gasteiger partial charge >= 0.3 is 6.36 Å². The highest BCUT2D eigenvalue weighted by atomic mass is 32.1. The Morgan fingerprint density at radius 2 is 2.20 bits per heavy atom. The second-order valence-corrected chi connectivity index (χ2v) is 6.10. The molecule has 0 spiro atoms. The third-order valence-corrected chi connectivity index (χ3v) is 4.24. The molecular weight excluding hydrogens is 359 g/mol. The lowest BCUT2D eigenvalue weighted by molar-refractivity contribution is -0.274. The molecule has 2 aromatic rings. The van der Waals surface area contributed by atoms with Crippen LogP contribution < -0.4 is 15.0 Å². The summed E-state index contributed by atoms with van der Waals surface area (Å²) < 4.78 is 40.8. The van der Waals surface area contributed by atoms with Gasteiger partial charge in [0.25, 0.3) is 0 Å². The van der Waals surface area contributed by atoms with Crippen LogP contribution in [0.2, 0.25) is 0 Å². The highest BCUT2D eigenvalue weighted by Crippen LogP contribution is 2.31. The van der Waals surface area contributed by atoms with Crippen molar-refractivity contribution in [1.29, 1.82) is 0 Å². The van der Waals surface area contributed by atoms with Crippen LogP contribution in [0.4, 0.5) is 24.0 Å². The van der Waals surface area contributed by atoms with Crippen LogP contribution in [0.15, 0.2) is 35.8 Å². The van der Waals surface area contributed by atoms with Crippen LogP contribution in [-0.2, 0) is 9.59 Å². The molecule has 0 unspecified atom stereocenters. The van der Waals surface area contributed by atoms with Gasteiger partial charge in [-0.3, -0.25) is 9.59 Å². The third kappa shape index (κ3) is 4.08. The Morgan fingerprint density at radius 3 is 2.88 bits per heavy atom. The van der Waals surface area contributed by atoms with Gasteiger partial charge in [-0.25, -0.2) is 4.98 Å². The van der Waals surface area contributed by atoms with E-state index in [4.69, 9.17) is 0 Å². The zero-order valence-corrected chi connectivity index (χ0v) is 13.4. The number of alkyl halides is 3. The Kier molecular flexibility index (Phi) is 4.62. The largest absolute Gasteiger partial charge is 0.573 e. The highest BCUT2D eigenvalue weighted by molar-refractivity contribution is 7.13. The fourth-order valence-corrected chi connectivity index (χ4v) is 3.04. The first-order chi connectivity index (χ1) is 11.8. The van der Waals surface area contributed by atoms with Gasteiger partial charge in [0.05, 0.1) is 0 Å². The molecule has 0 saturated carbocycles. The van der Waals surface area contributed by atoms with Crippen LogP contribution in [0.3, 0.4) is 0 Å². The van der Waals surface area contributed by atoms with Crippen molar-refractivity contribution in [3.05, 3.63) is 35.8 Å². The van der Waals surface area contributed by atoms with Crippen molar-refractivity contribution in [2.75, 3.05) is 16.8 Å². The number of ether oxygens (including phenoxy) is 1. The summed E-state index contributed by atoms with van der Waals surface area (Å²) in [6, 6.07) is 5.10. The first-order valence-corrected chi connectivity index (χ1v) is 8.09. The molecule has 6 nitrogen and oxygen atoms in total. The van der Waals surface area contributed by atoms with Crippen LogP contribution in [-0.4, -0.2) is 29.7 Å². The fourth-order valence-electron chi connectivity index (χ4n) is 2.51. The van der Waals surface area contributed by atoms with Crippen LogP contribution in [0.5, 0.6) is 5.75 Å². The minimum absolute atomic E-state index is 0.226. The maximum Gasteiger partial charge on any atom is 0.573 e. The highest BCUT2D eigenvalue weighted by Gasteiger charge is 2.38. The van der Waals surface area contributed by atoms with Gasteiger partial charge in [0.1, 0.15) is 11.7 Å². The summed E-state index contributed by atoms with van der Waals surface area (Å²) in [5.41, 5.74) is 0.247. The number of aromatic nitrogens is 1. The quantitative estimate of drug-likeness (QED) is 0.839. The Morgan fingerprint density at radius 1 is 1.40 bits per heavy atom. The molecule has 10 heteroatoms. The van der Waals surface area contributed by atoms with Gasteiger partial charge in [-0.1, -0.05) is 6.07 Å². The average molecular weight is 371 g/mol. The van der Waals surface area contributed by atoms with Crippen LogP contribution in [0, 0.1) is 5.92 Å². The van der Waals surface area contributed by atoms with Gasteiger partial charge < -0.3 is 15.0 Å². The summed E-state index contributed by atoms with van der Waals surface area (Å²) in [7, 11) is 0. The summed E-state index contributed by atoms with van der Waals surface area (Å²) in [6.45, 7) is 0.226. The number of hydrogen-bond acceptors (Lipinski definition) is 5. The number of benzene rings is 1. The molecule has 2 amide bonds. The fraction of sp³-hybridized carbons (Fsp3) is 0.267. The average Bonchev–Trinajstić information content (AvgIpc) is 3.15. The van der Waals surface area contributed by atoms with Crippen molar-refractivity contribution in [1.82, 2.24) is 4.98 Å². The van der Waals surface area contributed by atoms with E-state index in [1.54, 1.807) is 5.38 Å². The minimum atomic E-state index is -4.82. The Hall–Kier alpha value is -2.62. The van der Waals surface area contributed by atoms with Crippen molar-refractivity contribution in [3.63, 3.8) is 0 Å². The summed E-state index contributed by atoms with van der Waals surface area (Å²) in [4.78, 5) is 29.8.